The van der Waals surface area contributed by atoms with E-state index in [0.717, 1.165) is 16.8 Å². The number of amides is 1. The Morgan fingerprint density at radius 1 is 1.29 bits per heavy atom. The monoisotopic (exact) mass is 321 g/mol. The minimum absolute atomic E-state index is 0.00850. The highest BCUT2D eigenvalue weighted by molar-refractivity contribution is 8.00. The molecule has 2 nitrogen and oxygen atoms in total. The number of carbonyl (C=O) groups excluding carboxylic acids is 1. The fourth-order valence-electron chi connectivity index (χ4n) is 2.34. The summed E-state index contributed by atoms with van der Waals surface area (Å²) >= 11 is 7.65. The van der Waals surface area contributed by atoms with Gasteiger partial charge in [0.1, 0.15) is 11.2 Å². The van der Waals surface area contributed by atoms with Gasteiger partial charge in [-0.1, -0.05) is 29.8 Å². The first-order valence-electron chi connectivity index (χ1n) is 6.51. The van der Waals surface area contributed by atoms with Gasteiger partial charge in [-0.3, -0.25) is 9.69 Å². The molecule has 1 fully saturated rings. The minimum Gasteiger partial charge on any atom is -0.295 e. The van der Waals surface area contributed by atoms with Crippen LogP contribution >= 0.6 is 23.4 Å². The SMILES string of the molecule is Cc1ccc(N2C(=O)CS[C@@H]2c2cccc(F)c2)cc1Cl. The number of anilines is 1. The number of hydrogen-bond acceptors (Lipinski definition) is 2. The zero-order valence-corrected chi connectivity index (χ0v) is 12.9. The van der Waals surface area contributed by atoms with Crippen LogP contribution in [0.25, 0.3) is 0 Å². The third-order valence-electron chi connectivity index (χ3n) is 3.44. The summed E-state index contributed by atoms with van der Waals surface area (Å²) in [6.07, 6.45) is 0. The number of nitrogens with zero attached hydrogens (tertiary/aromatic N) is 1. The molecule has 0 radical (unpaired) electrons. The van der Waals surface area contributed by atoms with Gasteiger partial charge in [-0.05, 0) is 42.3 Å². The summed E-state index contributed by atoms with van der Waals surface area (Å²) in [7, 11) is 0. The zero-order valence-electron chi connectivity index (χ0n) is 11.3. The number of aryl methyl sites for hydroxylation is 1. The van der Waals surface area contributed by atoms with E-state index in [0.29, 0.717) is 10.8 Å². The molecule has 0 unspecified atom stereocenters. The van der Waals surface area contributed by atoms with Crippen LogP contribution < -0.4 is 4.90 Å². The first-order chi connectivity index (χ1) is 10.1. The van der Waals surface area contributed by atoms with Crippen LogP contribution in [0, 0.1) is 12.7 Å². The lowest BCUT2D eigenvalue weighted by atomic mass is 10.1. The van der Waals surface area contributed by atoms with E-state index in [1.807, 2.05) is 25.1 Å². The maximum absolute atomic E-state index is 13.4. The Morgan fingerprint density at radius 2 is 2.10 bits per heavy atom. The van der Waals surface area contributed by atoms with Crippen molar-refractivity contribution in [3.8, 4) is 0 Å². The number of rotatable bonds is 2. The number of thioether (sulfide) groups is 1. The standard InChI is InChI=1S/C16H13ClFNOS/c1-10-5-6-13(8-14(10)17)19-15(20)9-21-16(19)11-3-2-4-12(18)7-11/h2-8,16H,9H2,1H3/t16-/m1/s1. The van der Waals surface area contributed by atoms with Gasteiger partial charge in [0, 0.05) is 10.7 Å². The Balaban J connectivity index is 2.01. The van der Waals surface area contributed by atoms with Gasteiger partial charge in [-0.2, -0.15) is 0 Å². The average molecular weight is 322 g/mol. The number of benzene rings is 2. The molecule has 0 saturated carbocycles. The minimum atomic E-state index is -0.297. The Labute approximate surface area is 131 Å². The van der Waals surface area contributed by atoms with E-state index < -0.39 is 0 Å². The zero-order chi connectivity index (χ0) is 15.0. The molecule has 1 heterocycles. The van der Waals surface area contributed by atoms with Crippen LogP contribution in [0.1, 0.15) is 16.5 Å². The van der Waals surface area contributed by atoms with Gasteiger partial charge >= 0.3 is 0 Å². The molecule has 0 aromatic heterocycles. The molecule has 108 valence electrons. The van der Waals surface area contributed by atoms with Gasteiger partial charge in [0.15, 0.2) is 0 Å². The van der Waals surface area contributed by atoms with E-state index in [4.69, 9.17) is 11.6 Å². The van der Waals surface area contributed by atoms with Gasteiger partial charge in [0.25, 0.3) is 0 Å². The molecule has 1 atom stereocenters. The Kier molecular flexibility index (Phi) is 3.91. The second-order valence-electron chi connectivity index (χ2n) is 4.92. The van der Waals surface area contributed by atoms with E-state index in [9.17, 15) is 9.18 Å². The molecule has 2 aromatic rings. The van der Waals surface area contributed by atoms with Gasteiger partial charge in [-0.15, -0.1) is 11.8 Å². The second kappa shape index (κ2) is 5.70. The lowest BCUT2D eigenvalue weighted by molar-refractivity contribution is -0.115. The molecule has 1 aliphatic heterocycles. The predicted molar refractivity (Wildman–Crippen MR) is 85.3 cm³/mol. The topological polar surface area (TPSA) is 20.3 Å². The van der Waals surface area contributed by atoms with Crippen molar-refractivity contribution in [3.05, 3.63) is 64.4 Å². The van der Waals surface area contributed by atoms with Gasteiger partial charge in [0.05, 0.1) is 5.75 Å². The van der Waals surface area contributed by atoms with Crippen molar-refractivity contribution in [2.75, 3.05) is 10.7 Å². The van der Waals surface area contributed by atoms with Crippen LogP contribution in [0.2, 0.25) is 5.02 Å². The predicted octanol–water partition coefficient (Wildman–Crippen LogP) is 4.57. The Hall–Kier alpha value is -1.52. The maximum Gasteiger partial charge on any atom is 0.238 e. The molecular weight excluding hydrogens is 309 g/mol. The summed E-state index contributed by atoms with van der Waals surface area (Å²) < 4.78 is 13.4. The Morgan fingerprint density at radius 3 is 2.81 bits per heavy atom. The highest BCUT2D eigenvalue weighted by Crippen LogP contribution is 2.42. The molecule has 21 heavy (non-hydrogen) atoms. The first-order valence-corrected chi connectivity index (χ1v) is 7.94. The molecule has 1 saturated heterocycles. The maximum atomic E-state index is 13.4. The molecule has 0 spiro atoms. The van der Waals surface area contributed by atoms with Gasteiger partial charge in [-0.25, -0.2) is 4.39 Å². The van der Waals surface area contributed by atoms with Crippen LogP contribution in [0.4, 0.5) is 10.1 Å². The van der Waals surface area contributed by atoms with E-state index in [1.54, 1.807) is 17.0 Å². The van der Waals surface area contributed by atoms with Crippen LogP contribution in [-0.2, 0) is 4.79 Å². The molecule has 5 heteroatoms. The second-order valence-corrected chi connectivity index (χ2v) is 6.39. The van der Waals surface area contributed by atoms with Crippen LogP contribution in [0.3, 0.4) is 0 Å². The van der Waals surface area contributed by atoms with Crippen molar-refractivity contribution >= 4 is 35.0 Å². The summed E-state index contributed by atoms with van der Waals surface area (Å²) in [6.45, 7) is 1.91. The molecule has 0 bridgehead atoms. The number of carbonyl (C=O) groups is 1. The number of hydrogen-bond donors (Lipinski definition) is 0. The van der Waals surface area contributed by atoms with Crippen molar-refractivity contribution in [2.24, 2.45) is 0 Å². The van der Waals surface area contributed by atoms with Crippen molar-refractivity contribution in [2.45, 2.75) is 12.3 Å². The average Bonchev–Trinajstić information content (AvgIpc) is 2.84. The fourth-order valence-corrected chi connectivity index (χ4v) is 3.68. The van der Waals surface area contributed by atoms with Crippen LogP contribution in [-0.4, -0.2) is 11.7 Å². The molecule has 1 aliphatic rings. The summed E-state index contributed by atoms with van der Waals surface area (Å²) in [5, 5.41) is 0.405. The number of halogens is 2. The third-order valence-corrected chi connectivity index (χ3v) is 5.05. The molecule has 0 N–H and O–H groups in total. The molecule has 3 rings (SSSR count). The van der Waals surface area contributed by atoms with Crippen molar-refractivity contribution in [3.63, 3.8) is 0 Å². The quantitative estimate of drug-likeness (QED) is 0.807. The van der Waals surface area contributed by atoms with Gasteiger partial charge < -0.3 is 0 Å². The summed E-state index contributed by atoms with van der Waals surface area (Å²) in [4.78, 5) is 13.9. The summed E-state index contributed by atoms with van der Waals surface area (Å²) in [5.74, 6) is 0.0932. The summed E-state index contributed by atoms with van der Waals surface area (Å²) in [6, 6.07) is 11.9. The largest absolute Gasteiger partial charge is 0.295 e. The van der Waals surface area contributed by atoms with E-state index >= 15 is 0 Å². The third kappa shape index (κ3) is 2.78. The smallest absolute Gasteiger partial charge is 0.238 e. The normalized spacial score (nSPS) is 18.3. The van der Waals surface area contributed by atoms with E-state index in [1.165, 1.54) is 23.9 Å². The molecule has 1 amide bonds. The fraction of sp³-hybridized carbons (Fsp3) is 0.188. The first kappa shape index (κ1) is 14.4. The van der Waals surface area contributed by atoms with Crippen molar-refractivity contribution in [1.29, 1.82) is 0 Å². The molecular formula is C16H13ClFNOS. The summed E-state index contributed by atoms with van der Waals surface area (Å²) in [5.41, 5.74) is 2.49. The lowest BCUT2D eigenvalue weighted by Crippen LogP contribution is -2.27. The van der Waals surface area contributed by atoms with Crippen molar-refractivity contribution < 1.29 is 9.18 Å². The molecule has 2 aromatic carbocycles. The van der Waals surface area contributed by atoms with E-state index in [-0.39, 0.29) is 17.1 Å². The van der Waals surface area contributed by atoms with Crippen LogP contribution in [0.15, 0.2) is 42.5 Å². The lowest BCUT2D eigenvalue weighted by Gasteiger charge is -2.24. The van der Waals surface area contributed by atoms with Gasteiger partial charge in [0.2, 0.25) is 5.91 Å². The van der Waals surface area contributed by atoms with Crippen molar-refractivity contribution in [1.82, 2.24) is 0 Å². The highest BCUT2D eigenvalue weighted by Gasteiger charge is 2.34. The Bertz CT molecular complexity index is 706. The van der Waals surface area contributed by atoms with E-state index in [2.05, 4.69) is 0 Å². The van der Waals surface area contributed by atoms with Crippen LogP contribution in [0.5, 0.6) is 0 Å². The molecule has 0 aliphatic carbocycles. The highest BCUT2D eigenvalue weighted by atomic mass is 35.5.